The second-order valence-electron chi connectivity index (χ2n) is 8.40. The van der Waals surface area contributed by atoms with Crippen molar-refractivity contribution in [3.05, 3.63) is 29.6 Å². The Morgan fingerprint density at radius 2 is 1.93 bits per heavy atom. The van der Waals surface area contributed by atoms with Crippen molar-refractivity contribution in [3.63, 3.8) is 0 Å². The van der Waals surface area contributed by atoms with Crippen LogP contribution in [-0.2, 0) is 11.3 Å². The number of benzene rings is 1. The highest BCUT2D eigenvalue weighted by molar-refractivity contribution is 14.0. The van der Waals surface area contributed by atoms with Gasteiger partial charge in [0, 0.05) is 32.2 Å². The smallest absolute Gasteiger partial charge is 0.410 e. The number of ether oxygens (including phenoxy) is 1. The minimum atomic E-state index is -0.522. The van der Waals surface area contributed by atoms with Gasteiger partial charge in [-0.25, -0.2) is 14.2 Å². The number of rotatable bonds is 5. The molecule has 1 unspecified atom stereocenters. The number of carbonyl (C=O) groups is 1. The van der Waals surface area contributed by atoms with E-state index in [2.05, 4.69) is 17.2 Å². The van der Waals surface area contributed by atoms with Crippen LogP contribution in [0.25, 0.3) is 0 Å². The van der Waals surface area contributed by atoms with Crippen LogP contribution in [0.15, 0.2) is 23.2 Å². The molecule has 30 heavy (non-hydrogen) atoms. The molecule has 0 aliphatic carbocycles. The number of guanidine groups is 1. The number of carbonyl (C=O) groups excluding carboxylic acids is 1. The molecule has 0 spiro atoms. The number of nitrogens with zero attached hydrogens (tertiary/aromatic N) is 3. The summed E-state index contributed by atoms with van der Waals surface area (Å²) in [6, 6.07) is 5.37. The van der Waals surface area contributed by atoms with Crippen molar-refractivity contribution in [1.82, 2.24) is 10.2 Å². The molecule has 1 heterocycles. The monoisotopic (exact) mass is 535 g/mol. The molecular formula is C21H35FIN5O2. The Hall–Kier alpha value is -1.78. The van der Waals surface area contributed by atoms with E-state index in [1.54, 1.807) is 11.0 Å². The fourth-order valence-electron chi connectivity index (χ4n) is 2.94. The summed E-state index contributed by atoms with van der Waals surface area (Å²) in [5.74, 6) is 0.0685. The SMILES string of the molecule is CCC(C)NC(N)=NCc1ccc(N2CCN(C(=O)OC(C)(C)C)CC2)c(F)c1.I. The summed E-state index contributed by atoms with van der Waals surface area (Å²) in [6.45, 7) is 12.0. The molecule has 0 saturated carbocycles. The van der Waals surface area contributed by atoms with Gasteiger partial charge in [-0.3, -0.25) is 0 Å². The van der Waals surface area contributed by atoms with E-state index < -0.39 is 5.60 Å². The number of hydrogen-bond donors (Lipinski definition) is 2. The first-order valence-electron chi connectivity index (χ1n) is 10.2. The van der Waals surface area contributed by atoms with E-state index in [1.165, 1.54) is 6.07 Å². The standard InChI is InChI=1S/C21H34FN5O2.HI/c1-6-15(2)25-19(23)24-14-16-7-8-18(17(22)13-16)26-9-11-27(12-10-26)20(28)29-21(3,4)5;/h7-8,13,15H,6,9-12,14H2,1-5H3,(H3,23,24,25);1H. The lowest BCUT2D eigenvalue weighted by atomic mass is 10.1. The van der Waals surface area contributed by atoms with Crippen LogP contribution in [0.1, 0.15) is 46.6 Å². The molecule has 1 aliphatic heterocycles. The van der Waals surface area contributed by atoms with Gasteiger partial charge in [0.1, 0.15) is 11.4 Å². The minimum absolute atomic E-state index is 0. The van der Waals surface area contributed by atoms with E-state index in [0.29, 0.717) is 44.4 Å². The number of aliphatic imine (C=N–C) groups is 1. The molecule has 1 atom stereocenters. The van der Waals surface area contributed by atoms with Crippen LogP contribution >= 0.6 is 24.0 Å². The maximum absolute atomic E-state index is 14.7. The molecule has 3 N–H and O–H groups in total. The molecule has 1 fully saturated rings. The van der Waals surface area contributed by atoms with E-state index in [0.717, 1.165) is 12.0 Å². The lowest BCUT2D eigenvalue weighted by Gasteiger charge is -2.36. The van der Waals surface area contributed by atoms with Gasteiger partial charge in [-0.15, -0.1) is 24.0 Å². The van der Waals surface area contributed by atoms with Crippen molar-refractivity contribution in [2.75, 3.05) is 31.1 Å². The Kier molecular flexibility index (Phi) is 10.1. The minimum Gasteiger partial charge on any atom is -0.444 e. The number of amides is 1. The van der Waals surface area contributed by atoms with E-state index in [-0.39, 0.29) is 41.9 Å². The zero-order chi connectivity index (χ0) is 21.6. The Balaban J connectivity index is 0.00000450. The molecule has 170 valence electrons. The van der Waals surface area contributed by atoms with Crippen LogP contribution in [0, 0.1) is 5.82 Å². The van der Waals surface area contributed by atoms with Gasteiger partial charge in [-0.05, 0) is 51.8 Å². The summed E-state index contributed by atoms with van der Waals surface area (Å²) in [4.78, 5) is 20.0. The predicted octanol–water partition coefficient (Wildman–Crippen LogP) is 3.70. The van der Waals surface area contributed by atoms with Crippen molar-refractivity contribution < 1.29 is 13.9 Å². The fraction of sp³-hybridized carbons (Fsp3) is 0.619. The molecule has 0 aromatic heterocycles. The third kappa shape index (κ3) is 8.16. The molecule has 1 aromatic rings. The Bertz CT molecular complexity index is 731. The van der Waals surface area contributed by atoms with Gasteiger partial charge < -0.3 is 25.6 Å². The van der Waals surface area contributed by atoms with Gasteiger partial charge in [-0.1, -0.05) is 13.0 Å². The second kappa shape index (κ2) is 11.6. The van der Waals surface area contributed by atoms with Crippen molar-refractivity contribution in [3.8, 4) is 0 Å². The molecule has 7 nitrogen and oxygen atoms in total. The Morgan fingerprint density at radius 3 is 2.47 bits per heavy atom. The summed E-state index contributed by atoms with van der Waals surface area (Å²) in [5, 5.41) is 3.09. The first kappa shape index (κ1) is 26.3. The molecule has 2 rings (SSSR count). The third-order valence-electron chi connectivity index (χ3n) is 4.72. The van der Waals surface area contributed by atoms with Crippen LogP contribution in [0.5, 0.6) is 0 Å². The van der Waals surface area contributed by atoms with Crippen molar-refractivity contribution in [2.45, 2.75) is 59.2 Å². The summed E-state index contributed by atoms with van der Waals surface area (Å²) in [6.07, 6.45) is 0.621. The number of anilines is 1. The zero-order valence-corrected chi connectivity index (χ0v) is 20.9. The van der Waals surface area contributed by atoms with Crippen LogP contribution in [0.4, 0.5) is 14.9 Å². The number of hydrogen-bond acceptors (Lipinski definition) is 4. The first-order valence-corrected chi connectivity index (χ1v) is 10.2. The van der Waals surface area contributed by atoms with Crippen LogP contribution in [0.3, 0.4) is 0 Å². The number of nitrogens with one attached hydrogen (secondary N) is 1. The maximum atomic E-state index is 14.7. The normalized spacial score (nSPS) is 16.0. The topological polar surface area (TPSA) is 83.2 Å². The molecule has 0 radical (unpaired) electrons. The second-order valence-corrected chi connectivity index (χ2v) is 8.40. The quantitative estimate of drug-likeness (QED) is 0.342. The number of piperazine rings is 1. The molecule has 1 aromatic carbocycles. The van der Waals surface area contributed by atoms with Gasteiger partial charge in [-0.2, -0.15) is 0 Å². The maximum Gasteiger partial charge on any atom is 0.410 e. The van der Waals surface area contributed by atoms with Crippen molar-refractivity contribution in [2.24, 2.45) is 10.7 Å². The van der Waals surface area contributed by atoms with Crippen LogP contribution in [-0.4, -0.2) is 54.8 Å². The highest BCUT2D eigenvalue weighted by Crippen LogP contribution is 2.23. The summed E-state index contributed by atoms with van der Waals surface area (Å²) >= 11 is 0. The van der Waals surface area contributed by atoms with Crippen molar-refractivity contribution >= 4 is 41.7 Å². The van der Waals surface area contributed by atoms with Gasteiger partial charge in [0.05, 0.1) is 12.2 Å². The fourth-order valence-corrected chi connectivity index (χ4v) is 2.94. The molecule has 1 amide bonds. The summed E-state index contributed by atoms with van der Waals surface area (Å²) < 4.78 is 20.1. The predicted molar refractivity (Wildman–Crippen MR) is 130 cm³/mol. The Morgan fingerprint density at radius 1 is 1.30 bits per heavy atom. The lowest BCUT2D eigenvalue weighted by molar-refractivity contribution is 0.0240. The first-order chi connectivity index (χ1) is 13.6. The average Bonchev–Trinajstić information content (AvgIpc) is 2.65. The van der Waals surface area contributed by atoms with Gasteiger partial charge in [0.25, 0.3) is 0 Å². The van der Waals surface area contributed by atoms with Gasteiger partial charge in [0.15, 0.2) is 5.96 Å². The number of nitrogens with two attached hydrogens (primary N) is 1. The highest BCUT2D eigenvalue weighted by Gasteiger charge is 2.26. The van der Waals surface area contributed by atoms with E-state index in [9.17, 15) is 9.18 Å². The largest absolute Gasteiger partial charge is 0.444 e. The van der Waals surface area contributed by atoms with Gasteiger partial charge >= 0.3 is 6.09 Å². The van der Waals surface area contributed by atoms with Crippen LogP contribution in [0.2, 0.25) is 0 Å². The molecule has 1 saturated heterocycles. The Labute approximate surface area is 196 Å². The molecular weight excluding hydrogens is 500 g/mol. The number of halogens is 2. The van der Waals surface area contributed by atoms with Gasteiger partial charge in [0.2, 0.25) is 0 Å². The summed E-state index contributed by atoms with van der Waals surface area (Å²) in [5.41, 5.74) is 6.62. The summed E-state index contributed by atoms with van der Waals surface area (Å²) in [7, 11) is 0. The molecule has 1 aliphatic rings. The van der Waals surface area contributed by atoms with Crippen LogP contribution < -0.4 is 16.0 Å². The van der Waals surface area contributed by atoms with Crippen molar-refractivity contribution in [1.29, 1.82) is 0 Å². The van der Waals surface area contributed by atoms with E-state index in [1.807, 2.05) is 38.7 Å². The lowest BCUT2D eigenvalue weighted by Crippen LogP contribution is -2.50. The highest BCUT2D eigenvalue weighted by atomic mass is 127. The average molecular weight is 535 g/mol. The molecule has 0 bridgehead atoms. The third-order valence-corrected chi connectivity index (χ3v) is 4.72. The van der Waals surface area contributed by atoms with E-state index in [4.69, 9.17) is 10.5 Å². The van der Waals surface area contributed by atoms with E-state index >= 15 is 0 Å². The zero-order valence-electron chi connectivity index (χ0n) is 18.6. The molecule has 9 heteroatoms.